The molecule has 2 heterocycles. The molecule has 2 N–H and O–H groups in total. The number of imidazole rings is 1. The van der Waals surface area contributed by atoms with E-state index in [4.69, 9.17) is 4.42 Å². The number of aryl methyl sites for hydroxylation is 2. The first-order chi connectivity index (χ1) is 11.9. The summed E-state index contributed by atoms with van der Waals surface area (Å²) in [6.07, 6.45) is 7.81. The molecule has 0 fully saturated rings. The topological polar surface area (TPSA) is 80.3 Å². The number of hydrogen-bond acceptors (Lipinski definition) is 4. The molecular weight excluding hydrogens is 443 g/mol. The molecule has 0 saturated carbocycles. The van der Waals surface area contributed by atoms with Crippen molar-refractivity contribution in [3.05, 3.63) is 36.1 Å². The number of oxazole rings is 1. The number of halogens is 1. The van der Waals surface area contributed by atoms with Crippen molar-refractivity contribution in [3.8, 4) is 0 Å². The third kappa shape index (κ3) is 6.97. The normalized spacial score (nSPS) is 12.0. The Kier molecular flexibility index (Phi) is 9.11. The Bertz CT molecular complexity index is 686. The van der Waals surface area contributed by atoms with Gasteiger partial charge in [-0.15, -0.1) is 24.0 Å². The van der Waals surface area contributed by atoms with Gasteiger partial charge in [0.05, 0.1) is 12.7 Å². The first-order valence-electron chi connectivity index (χ1n) is 8.77. The lowest BCUT2D eigenvalue weighted by Crippen LogP contribution is -2.37. The Labute approximate surface area is 173 Å². The fourth-order valence-corrected chi connectivity index (χ4v) is 2.37. The van der Waals surface area contributed by atoms with Crippen molar-refractivity contribution < 1.29 is 4.42 Å². The summed E-state index contributed by atoms with van der Waals surface area (Å²) in [5.74, 6) is 3.38. The summed E-state index contributed by atoms with van der Waals surface area (Å²) in [5, 5.41) is 6.55. The van der Waals surface area contributed by atoms with Crippen LogP contribution in [0.1, 0.15) is 51.1 Å². The van der Waals surface area contributed by atoms with Gasteiger partial charge in [-0.05, 0) is 19.8 Å². The third-order valence-corrected chi connectivity index (χ3v) is 3.97. The number of guanidine groups is 1. The van der Waals surface area contributed by atoms with E-state index in [-0.39, 0.29) is 29.4 Å². The second kappa shape index (κ2) is 10.5. The van der Waals surface area contributed by atoms with Gasteiger partial charge in [-0.1, -0.05) is 20.8 Å². The maximum absolute atomic E-state index is 5.77. The summed E-state index contributed by atoms with van der Waals surface area (Å²) in [6, 6.07) is 0. The van der Waals surface area contributed by atoms with Gasteiger partial charge in [0.15, 0.2) is 5.96 Å². The molecule has 0 saturated heterocycles. The van der Waals surface area contributed by atoms with Crippen LogP contribution in [-0.4, -0.2) is 34.1 Å². The molecule has 0 aliphatic carbocycles. The predicted octanol–water partition coefficient (Wildman–Crippen LogP) is 3.24. The predicted molar refractivity (Wildman–Crippen MR) is 115 cm³/mol. The van der Waals surface area contributed by atoms with Crippen LogP contribution in [0.25, 0.3) is 0 Å². The first kappa shape index (κ1) is 22.5. The molecule has 0 aliphatic rings. The van der Waals surface area contributed by atoms with Crippen molar-refractivity contribution in [2.75, 3.05) is 13.6 Å². The number of unbranched alkanes of at least 4 members (excludes halogenated alkanes) is 1. The van der Waals surface area contributed by atoms with E-state index >= 15 is 0 Å². The average molecular weight is 474 g/mol. The second-order valence-electron chi connectivity index (χ2n) is 7.10. The van der Waals surface area contributed by atoms with Crippen LogP contribution in [0.3, 0.4) is 0 Å². The molecule has 0 spiro atoms. The molecule has 0 aliphatic heterocycles. The highest BCUT2D eigenvalue weighted by Gasteiger charge is 2.19. The zero-order valence-electron chi connectivity index (χ0n) is 16.4. The van der Waals surface area contributed by atoms with Crippen molar-refractivity contribution in [3.63, 3.8) is 0 Å². The van der Waals surface area contributed by atoms with Crippen LogP contribution >= 0.6 is 24.0 Å². The van der Waals surface area contributed by atoms with Gasteiger partial charge >= 0.3 is 0 Å². The van der Waals surface area contributed by atoms with Crippen LogP contribution in [0.15, 0.2) is 28.0 Å². The van der Waals surface area contributed by atoms with E-state index in [9.17, 15) is 0 Å². The molecule has 0 bridgehead atoms. The standard InChI is InChI=1S/C18H30N6O.HI/c1-14-20-9-11-24(14)10-7-6-8-21-17(19-5)23-13-16-22-12-15(25-16)18(2,3)4;/h9,11-12H,6-8,10,13H2,1-5H3,(H2,19,21,23);1H. The van der Waals surface area contributed by atoms with Crippen molar-refractivity contribution in [1.29, 1.82) is 0 Å². The van der Waals surface area contributed by atoms with Crippen molar-refractivity contribution >= 4 is 29.9 Å². The Balaban J connectivity index is 0.00000338. The van der Waals surface area contributed by atoms with Crippen LogP contribution in [-0.2, 0) is 18.5 Å². The number of rotatable bonds is 7. The number of aromatic nitrogens is 3. The molecule has 7 nitrogen and oxygen atoms in total. The number of nitrogens with zero attached hydrogens (tertiary/aromatic N) is 4. The maximum Gasteiger partial charge on any atom is 0.213 e. The maximum atomic E-state index is 5.77. The summed E-state index contributed by atoms with van der Waals surface area (Å²) >= 11 is 0. The van der Waals surface area contributed by atoms with Gasteiger partial charge in [-0.2, -0.15) is 0 Å². The summed E-state index contributed by atoms with van der Waals surface area (Å²) < 4.78 is 7.94. The number of aliphatic imine (C=N–C) groups is 1. The van der Waals surface area contributed by atoms with E-state index < -0.39 is 0 Å². The molecule has 0 amide bonds. The van der Waals surface area contributed by atoms with Crippen molar-refractivity contribution in [2.24, 2.45) is 4.99 Å². The fraction of sp³-hybridized carbons (Fsp3) is 0.611. The molecule has 0 unspecified atom stereocenters. The molecule has 0 radical (unpaired) electrons. The van der Waals surface area contributed by atoms with Crippen molar-refractivity contribution in [1.82, 2.24) is 25.2 Å². The Hall–Kier alpha value is -1.58. The number of hydrogen-bond donors (Lipinski definition) is 2. The smallest absolute Gasteiger partial charge is 0.213 e. The lowest BCUT2D eigenvalue weighted by Gasteiger charge is -2.13. The Morgan fingerprint density at radius 3 is 2.58 bits per heavy atom. The highest BCUT2D eigenvalue weighted by Crippen LogP contribution is 2.22. The molecule has 8 heteroatoms. The molecule has 2 rings (SSSR count). The molecule has 146 valence electrons. The zero-order valence-corrected chi connectivity index (χ0v) is 18.7. The third-order valence-electron chi connectivity index (χ3n) is 3.97. The van der Waals surface area contributed by atoms with Crippen LogP contribution in [0.4, 0.5) is 0 Å². The summed E-state index contributed by atoms with van der Waals surface area (Å²) in [4.78, 5) is 12.8. The quantitative estimate of drug-likeness (QED) is 0.279. The number of nitrogens with one attached hydrogen (secondary N) is 2. The minimum atomic E-state index is -0.0290. The van der Waals surface area contributed by atoms with Crippen LogP contribution in [0.5, 0.6) is 0 Å². The monoisotopic (exact) mass is 474 g/mol. The van der Waals surface area contributed by atoms with Gasteiger partial charge in [0.2, 0.25) is 5.89 Å². The minimum Gasteiger partial charge on any atom is -0.443 e. The fourth-order valence-electron chi connectivity index (χ4n) is 2.37. The average Bonchev–Trinajstić information content (AvgIpc) is 3.19. The molecule has 26 heavy (non-hydrogen) atoms. The molecule has 2 aromatic heterocycles. The van der Waals surface area contributed by atoms with Crippen molar-refractivity contribution in [2.45, 2.75) is 59.0 Å². The van der Waals surface area contributed by atoms with E-state index in [0.717, 1.165) is 43.5 Å². The Morgan fingerprint density at radius 2 is 2.00 bits per heavy atom. The van der Waals surface area contributed by atoms with E-state index in [1.807, 2.05) is 19.3 Å². The summed E-state index contributed by atoms with van der Waals surface area (Å²) in [6.45, 7) is 10.7. The largest absolute Gasteiger partial charge is 0.443 e. The molecular formula is C18H31IN6O. The van der Waals surface area contributed by atoms with E-state index in [0.29, 0.717) is 12.4 Å². The summed E-state index contributed by atoms with van der Waals surface area (Å²) in [5.41, 5.74) is -0.0290. The minimum absolute atomic E-state index is 0. The Morgan fingerprint density at radius 1 is 1.23 bits per heavy atom. The zero-order chi connectivity index (χ0) is 18.3. The van der Waals surface area contributed by atoms with Gasteiger partial charge < -0.3 is 19.6 Å². The molecule has 0 aromatic carbocycles. The highest BCUT2D eigenvalue weighted by molar-refractivity contribution is 14.0. The summed E-state index contributed by atoms with van der Waals surface area (Å²) in [7, 11) is 1.76. The van der Waals surface area contributed by atoms with E-state index in [2.05, 4.69) is 50.9 Å². The molecule has 0 atom stereocenters. The van der Waals surface area contributed by atoms with Gasteiger partial charge in [-0.25, -0.2) is 9.97 Å². The van der Waals surface area contributed by atoms with Gasteiger partial charge in [-0.3, -0.25) is 4.99 Å². The van der Waals surface area contributed by atoms with E-state index in [1.54, 1.807) is 13.2 Å². The van der Waals surface area contributed by atoms with Crippen LogP contribution < -0.4 is 10.6 Å². The second-order valence-corrected chi connectivity index (χ2v) is 7.10. The van der Waals surface area contributed by atoms with Gasteiger partial charge in [0.1, 0.15) is 11.6 Å². The molecule has 2 aromatic rings. The van der Waals surface area contributed by atoms with Gasteiger partial charge in [0, 0.05) is 37.9 Å². The van der Waals surface area contributed by atoms with Crippen LogP contribution in [0.2, 0.25) is 0 Å². The lowest BCUT2D eigenvalue weighted by atomic mass is 9.94. The highest BCUT2D eigenvalue weighted by atomic mass is 127. The first-order valence-corrected chi connectivity index (χ1v) is 8.77. The van der Waals surface area contributed by atoms with E-state index in [1.165, 1.54) is 0 Å². The SMILES string of the molecule is CN=C(NCCCCn1ccnc1C)NCc1ncc(C(C)(C)C)o1.I. The van der Waals surface area contributed by atoms with Crippen LogP contribution in [0, 0.1) is 6.92 Å². The lowest BCUT2D eigenvalue weighted by molar-refractivity contribution is 0.379. The van der Waals surface area contributed by atoms with Gasteiger partial charge in [0.25, 0.3) is 0 Å².